The van der Waals surface area contributed by atoms with Crippen molar-refractivity contribution in [2.45, 2.75) is 46.2 Å². The molecule has 0 fully saturated rings. The number of halogens is 1. The summed E-state index contributed by atoms with van der Waals surface area (Å²) in [6, 6.07) is 6.21. The molecule has 3 nitrogen and oxygen atoms in total. The summed E-state index contributed by atoms with van der Waals surface area (Å²) in [5, 5.41) is 4.25. The molecule has 2 aromatic rings. The van der Waals surface area contributed by atoms with Gasteiger partial charge in [-0.25, -0.2) is 4.98 Å². The van der Waals surface area contributed by atoms with Crippen molar-refractivity contribution in [3.63, 3.8) is 0 Å². The predicted octanol–water partition coefficient (Wildman–Crippen LogP) is 4.12. The summed E-state index contributed by atoms with van der Waals surface area (Å²) in [4.78, 5) is 4.80. The highest BCUT2D eigenvalue weighted by Gasteiger charge is 2.28. The molecule has 0 bridgehead atoms. The summed E-state index contributed by atoms with van der Waals surface area (Å²) in [7, 11) is 0. The molecule has 104 valence electrons. The van der Waals surface area contributed by atoms with Gasteiger partial charge in [0.2, 0.25) is 0 Å². The molecule has 19 heavy (non-hydrogen) atoms. The second-order valence-corrected chi connectivity index (χ2v) is 6.07. The summed E-state index contributed by atoms with van der Waals surface area (Å²) >= 11 is 6.37. The lowest BCUT2D eigenvalue weighted by atomic mass is 10.0. The van der Waals surface area contributed by atoms with Gasteiger partial charge >= 0.3 is 0 Å². The second kappa shape index (κ2) is 5.14. The summed E-state index contributed by atoms with van der Waals surface area (Å²) in [6.45, 7) is 11.7. The van der Waals surface area contributed by atoms with Gasteiger partial charge in [-0.3, -0.25) is 0 Å². The van der Waals surface area contributed by atoms with E-state index in [0.717, 1.165) is 28.4 Å². The molecule has 1 aromatic heterocycles. The Hall–Kier alpha value is -1.06. The van der Waals surface area contributed by atoms with E-state index in [2.05, 4.69) is 44.5 Å². The minimum atomic E-state index is -0.179. The molecule has 0 unspecified atom stereocenters. The van der Waals surface area contributed by atoms with Crippen molar-refractivity contribution in [3.8, 4) is 0 Å². The molecular weight excluding hydrogens is 258 g/mol. The van der Waals surface area contributed by atoms with Crippen molar-refractivity contribution in [1.29, 1.82) is 0 Å². The van der Waals surface area contributed by atoms with E-state index >= 15 is 0 Å². The molecule has 1 N–H and O–H groups in total. The first-order chi connectivity index (χ1) is 8.88. The van der Waals surface area contributed by atoms with E-state index < -0.39 is 0 Å². The molecule has 0 aliphatic heterocycles. The quantitative estimate of drug-likeness (QED) is 0.912. The molecule has 0 radical (unpaired) electrons. The van der Waals surface area contributed by atoms with Gasteiger partial charge in [0, 0.05) is 6.04 Å². The van der Waals surface area contributed by atoms with Gasteiger partial charge < -0.3 is 9.88 Å². The van der Waals surface area contributed by atoms with Crippen LogP contribution < -0.4 is 5.32 Å². The smallest absolute Gasteiger partial charge is 0.129 e. The van der Waals surface area contributed by atoms with Crippen LogP contribution in [0.3, 0.4) is 0 Å². The van der Waals surface area contributed by atoms with Crippen LogP contribution in [-0.4, -0.2) is 16.1 Å². The fourth-order valence-corrected chi connectivity index (χ4v) is 2.83. The van der Waals surface area contributed by atoms with Crippen LogP contribution in [0.25, 0.3) is 11.0 Å². The highest BCUT2D eigenvalue weighted by atomic mass is 35.5. The number of nitrogens with zero attached hydrogens (tertiary/aromatic N) is 2. The Morgan fingerprint density at radius 1 is 1.37 bits per heavy atom. The first-order valence-electron chi connectivity index (χ1n) is 6.80. The van der Waals surface area contributed by atoms with Crippen LogP contribution in [0.2, 0.25) is 5.02 Å². The van der Waals surface area contributed by atoms with Crippen molar-refractivity contribution in [1.82, 2.24) is 14.9 Å². The first-order valence-corrected chi connectivity index (χ1v) is 7.18. The zero-order valence-electron chi connectivity index (χ0n) is 12.3. The van der Waals surface area contributed by atoms with Gasteiger partial charge in [0.25, 0.3) is 0 Å². The molecule has 1 aromatic carbocycles. The molecule has 0 aliphatic rings. The molecule has 0 amide bonds. The van der Waals surface area contributed by atoms with Crippen LogP contribution in [0.4, 0.5) is 0 Å². The fraction of sp³-hybridized carbons (Fsp3) is 0.533. The van der Waals surface area contributed by atoms with Crippen molar-refractivity contribution < 1.29 is 0 Å². The molecule has 2 rings (SSSR count). The average molecular weight is 280 g/mol. The molecule has 0 saturated carbocycles. The highest BCUT2D eigenvalue weighted by molar-refractivity contribution is 6.35. The lowest BCUT2D eigenvalue weighted by Crippen LogP contribution is -2.39. The topological polar surface area (TPSA) is 29.9 Å². The normalized spacial score (nSPS) is 12.6. The molecule has 0 saturated heterocycles. The average Bonchev–Trinajstić information content (AvgIpc) is 2.70. The largest absolute Gasteiger partial charge is 0.323 e. The molecule has 0 atom stereocenters. The van der Waals surface area contributed by atoms with E-state index in [0.29, 0.717) is 6.04 Å². The maximum Gasteiger partial charge on any atom is 0.129 e. The van der Waals surface area contributed by atoms with E-state index in [9.17, 15) is 0 Å². The Bertz CT molecular complexity index is 584. The number of rotatable bonds is 4. The summed E-state index contributed by atoms with van der Waals surface area (Å²) in [5.41, 5.74) is 1.81. The van der Waals surface area contributed by atoms with Gasteiger partial charge in [0.05, 0.1) is 21.6 Å². The van der Waals surface area contributed by atoms with Crippen LogP contribution in [0, 0.1) is 0 Å². The van der Waals surface area contributed by atoms with Crippen LogP contribution in [-0.2, 0) is 5.54 Å². The van der Waals surface area contributed by atoms with Crippen LogP contribution in [0.15, 0.2) is 18.2 Å². The van der Waals surface area contributed by atoms with Crippen molar-refractivity contribution in [2.24, 2.45) is 0 Å². The second-order valence-electron chi connectivity index (χ2n) is 5.66. The third-order valence-electron chi connectivity index (χ3n) is 3.36. The SMILES string of the molecule is CCNC(C)(C)c1nc2cccc(Cl)c2n1C(C)C. The van der Waals surface area contributed by atoms with Crippen LogP contribution >= 0.6 is 11.6 Å². The van der Waals surface area contributed by atoms with E-state index in [1.807, 2.05) is 18.2 Å². The first kappa shape index (κ1) is 14.4. The number of aromatic nitrogens is 2. The highest BCUT2D eigenvalue weighted by Crippen LogP contribution is 2.32. The monoisotopic (exact) mass is 279 g/mol. The number of nitrogens with one attached hydrogen (secondary N) is 1. The van der Waals surface area contributed by atoms with E-state index in [1.54, 1.807) is 0 Å². The zero-order valence-corrected chi connectivity index (χ0v) is 13.0. The maximum absolute atomic E-state index is 6.37. The number of hydrogen-bond acceptors (Lipinski definition) is 2. The van der Waals surface area contributed by atoms with Crippen molar-refractivity contribution >= 4 is 22.6 Å². The van der Waals surface area contributed by atoms with Crippen LogP contribution in [0.5, 0.6) is 0 Å². The molecule has 0 spiro atoms. The van der Waals surface area contributed by atoms with Crippen molar-refractivity contribution in [2.75, 3.05) is 6.54 Å². The third kappa shape index (κ3) is 2.49. The standard InChI is InChI=1S/C15H22ClN3/c1-6-17-15(4,5)14-18-12-9-7-8-11(16)13(12)19(14)10(2)3/h7-10,17H,6H2,1-5H3. The van der Waals surface area contributed by atoms with Gasteiger partial charge in [-0.05, 0) is 46.4 Å². The van der Waals surface area contributed by atoms with Gasteiger partial charge in [-0.15, -0.1) is 0 Å². The van der Waals surface area contributed by atoms with Gasteiger partial charge in [0.1, 0.15) is 5.82 Å². The Balaban J connectivity index is 2.74. The minimum absolute atomic E-state index is 0.179. The van der Waals surface area contributed by atoms with Crippen molar-refractivity contribution in [3.05, 3.63) is 29.0 Å². The number of para-hydroxylation sites is 1. The summed E-state index contributed by atoms with van der Waals surface area (Å²) in [6.07, 6.45) is 0. The zero-order chi connectivity index (χ0) is 14.2. The van der Waals surface area contributed by atoms with Gasteiger partial charge in [-0.2, -0.15) is 0 Å². The predicted molar refractivity (Wildman–Crippen MR) is 81.8 cm³/mol. The lowest BCUT2D eigenvalue weighted by Gasteiger charge is -2.27. The van der Waals surface area contributed by atoms with Crippen LogP contribution in [0.1, 0.15) is 46.5 Å². The number of benzene rings is 1. The lowest BCUT2D eigenvalue weighted by molar-refractivity contribution is 0.367. The van der Waals surface area contributed by atoms with Gasteiger partial charge in [-0.1, -0.05) is 24.6 Å². The van der Waals surface area contributed by atoms with E-state index in [1.165, 1.54) is 0 Å². The Labute approximate surface area is 120 Å². The Morgan fingerprint density at radius 3 is 2.63 bits per heavy atom. The minimum Gasteiger partial charge on any atom is -0.323 e. The third-order valence-corrected chi connectivity index (χ3v) is 3.66. The number of hydrogen-bond donors (Lipinski definition) is 1. The fourth-order valence-electron chi connectivity index (χ4n) is 2.57. The molecular formula is C15H22ClN3. The van der Waals surface area contributed by atoms with Gasteiger partial charge in [0.15, 0.2) is 0 Å². The number of fused-ring (bicyclic) bond motifs is 1. The Kier molecular flexibility index (Phi) is 3.88. The Morgan fingerprint density at radius 2 is 2.05 bits per heavy atom. The maximum atomic E-state index is 6.37. The summed E-state index contributed by atoms with van der Waals surface area (Å²) in [5.74, 6) is 1.03. The molecule has 0 aliphatic carbocycles. The number of imidazole rings is 1. The molecule has 1 heterocycles. The van der Waals surface area contributed by atoms with E-state index in [-0.39, 0.29) is 5.54 Å². The molecule has 4 heteroatoms. The summed E-state index contributed by atoms with van der Waals surface area (Å²) < 4.78 is 2.24. The van der Waals surface area contributed by atoms with E-state index in [4.69, 9.17) is 16.6 Å².